The predicted molar refractivity (Wildman–Crippen MR) is 63.6 cm³/mol. The number of nitrogens with zero attached hydrogens (tertiary/aromatic N) is 1. The van der Waals surface area contributed by atoms with Gasteiger partial charge in [0.2, 0.25) is 0 Å². The van der Waals surface area contributed by atoms with E-state index < -0.39 is 0 Å². The molecule has 0 spiro atoms. The second-order valence-corrected chi connectivity index (χ2v) is 4.85. The number of pyridine rings is 1. The van der Waals surface area contributed by atoms with Crippen LogP contribution < -0.4 is 5.32 Å². The Morgan fingerprint density at radius 2 is 2.20 bits per heavy atom. The van der Waals surface area contributed by atoms with E-state index >= 15 is 0 Å². The summed E-state index contributed by atoms with van der Waals surface area (Å²) in [5.74, 6) is -0.288. The minimum Gasteiger partial charge on any atom is -0.308 e. The third-order valence-corrected chi connectivity index (χ3v) is 3.28. The largest absolute Gasteiger partial charge is 0.308 e. The number of nitrogens with one attached hydrogen (secondary N) is 1. The SMILES string of the molecule is CSC(C)CNC(C)c1ccc(F)cn1. The van der Waals surface area contributed by atoms with E-state index in [2.05, 4.69) is 23.5 Å². The van der Waals surface area contributed by atoms with Gasteiger partial charge in [-0.2, -0.15) is 11.8 Å². The molecule has 1 aromatic rings. The van der Waals surface area contributed by atoms with E-state index in [1.54, 1.807) is 6.07 Å². The van der Waals surface area contributed by atoms with E-state index in [0.29, 0.717) is 5.25 Å². The lowest BCUT2D eigenvalue weighted by atomic mass is 10.2. The highest BCUT2D eigenvalue weighted by Crippen LogP contribution is 2.11. The number of aromatic nitrogens is 1. The van der Waals surface area contributed by atoms with E-state index in [1.165, 1.54) is 12.3 Å². The Kier molecular flexibility index (Phi) is 5.05. The maximum atomic E-state index is 12.6. The highest BCUT2D eigenvalue weighted by molar-refractivity contribution is 7.99. The lowest BCUT2D eigenvalue weighted by molar-refractivity contribution is 0.556. The van der Waals surface area contributed by atoms with E-state index in [0.717, 1.165) is 12.2 Å². The molecule has 0 aliphatic heterocycles. The van der Waals surface area contributed by atoms with Crippen molar-refractivity contribution < 1.29 is 4.39 Å². The Bertz CT molecular complexity index is 289. The summed E-state index contributed by atoms with van der Waals surface area (Å²) in [4.78, 5) is 4.04. The zero-order valence-corrected chi connectivity index (χ0v) is 10.1. The van der Waals surface area contributed by atoms with Crippen molar-refractivity contribution in [1.82, 2.24) is 10.3 Å². The molecule has 0 aromatic carbocycles. The Labute approximate surface area is 94.7 Å². The first-order valence-electron chi connectivity index (χ1n) is 5.01. The molecule has 1 heterocycles. The molecular weight excluding hydrogens is 211 g/mol. The molecule has 0 bridgehead atoms. The van der Waals surface area contributed by atoms with Crippen LogP contribution in [0.1, 0.15) is 25.6 Å². The summed E-state index contributed by atoms with van der Waals surface area (Å²) in [5, 5.41) is 3.94. The first kappa shape index (κ1) is 12.5. The Morgan fingerprint density at radius 1 is 1.47 bits per heavy atom. The summed E-state index contributed by atoms with van der Waals surface area (Å²) in [6, 6.07) is 3.33. The van der Waals surface area contributed by atoms with Crippen LogP contribution in [0, 0.1) is 5.82 Å². The fourth-order valence-electron chi connectivity index (χ4n) is 1.17. The van der Waals surface area contributed by atoms with Crippen LogP contribution in [0.2, 0.25) is 0 Å². The second kappa shape index (κ2) is 6.08. The van der Waals surface area contributed by atoms with Crippen molar-refractivity contribution in [1.29, 1.82) is 0 Å². The maximum Gasteiger partial charge on any atom is 0.141 e. The number of rotatable bonds is 5. The molecule has 0 fully saturated rings. The lowest BCUT2D eigenvalue weighted by Crippen LogP contribution is -2.26. The number of thioether (sulfide) groups is 1. The third kappa shape index (κ3) is 4.18. The van der Waals surface area contributed by atoms with Gasteiger partial charge in [0.1, 0.15) is 5.82 Å². The maximum absolute atomic E-state index is 12.6. The van der Waals surface area contributed by atoms with E-state index in [-0.39, 0.29) is 11.9 Å². The average molecular weight is 228 g/mol. The Hall–Kier alpha value is -0.610. The fraction of sp³-hybridized carbons (Fsp3) is 0.545. The number of hydrogen-bond donors (Lipinski definition) is 1. The van der Waals surface area contributed by atoms with Gasteiger partial charge >= 0.3 is 0 Å². The van der Waals surface area contributed by atoms with Gasteiger partial charge < -0.3 is 5.32 Å². The molecule has 0 amide bonds. The van der Waals surface area contributed by atoms with Crippen molar-refractivity contribution in [2.24, 2.45) is 0 Å². The summed E-state index contributed by atoms with van der Waals surface area (Å²) in [6.45, 7) is 5.14. The molecular formula is C11H17FN2S. The summed E-state index contributed by atoms with van der Waals surface area (Å²) in [7, 11) is 0. The molecule has 2 atom stereocenters. The second-order valence-electron chi connectivity index (χ2n) is 3.58. The van der Waals surface area contributed by atoms with Crippen LogP contribution in [0.5, 0.6) is 0 Å². The molecule has 1 rings (SSSR count). The monoisotopic (exact) mass is 228 g/mol. The van der Waals surface area contributed by atoms with Gasteiger partial charge in [-0.25, -0.2) is 4.39 Å². The van der Waals surface area contributed by atoms with Crippen molar-refractivity contribution in [2.45, 2.75) is 25.1 Å². The zero-order valence-electron chi connectivity index (χ0n) is 9.33. The van der Waals surface area contributed by atoms with Crippen molar-refractivity contribution in [3.05, 3.63) is 29.8 Å². The number of halogens is 1. The summed E-state index contributed by atoms with van der Waals surface area (Å²) < 4.78 is 12.6. The molecule has 4 heteroatoms. The van der Waals surface area contributed by atoms with Crippen LogP contribution in [-0.2, 0) is 0 Å². The van der Waals surface area contributed by atoms with Gasteiger partial charge in [-0.15, -0.1) is 0 Å². The van der Waals surface area contributed by atoms with Gasteiger partial charge in [0.15, 0.2) is 0 Å². The van der Waals surface area contributed by atoms with Crippen LogP contribution >= 0.6 is 11.8 Å². The fourth-order valence-corrected chi connectivity index (χ4v) is 1.44. The topological polar surface area (TPSA) is 24.9 Å². The summed E-state index contributed by atoms with van der Waals surface area (Å²) in [6.07, 6.45) is 3.35. The van der Waals surface area contributed by atoms with Crippen LogP contribution in [0.4, 0.5) is 4.39 Å². The molecule has 84 valence electrons. The molecule has 0 saturated carbocycles. The van der Waals surface area contributed by atoms with Crippen LogP contribution in [0.15, 0.2) is 18.3 Å². The first-order valence-corrected chi connectivity index (χ1v) is 6.30. The van der Waals surface area contributed by atoms with Gasteiger partial charge in [-0.3, -0.25) is 4.98 Å². The van der Waals surface area contributed by atoms with E-state index in [1.807, 2.05) is 18.7 Å². The highest BCUT2D eigenvalue weighted by Gasteiger charge is 2.07. The molecule has 1 N–H and O–H groups in total. The molecule has 2 unspecified atom stereocenters. The van der Waals surface area contributed by atoms with Gasteiger partial charge in [0, 0.05) is 17.8 Å². The lowest BCUT2D eigenvalue weighted by Gasteiger charge is -2.15. The van der Waals surface area contributed by atoms with Gasteiger partial charge in [0.05, 0.1) is 11.9 Å². The first-order chi connectivity index (χ1) is 7.13. The highest BCUT2D eigenvalue weighted by atomic mass is 32.2. The van der Waals surface area contributed by atoms with Crippen LogP contribution in [-0.4, -0.2) is 23.0 Å². The van der Waals surface area contributed by atoms with Gasteiger partial charge in [-0.1, -0.05) is 6.92 Å². The van der Waals surface area contributed by atoms with E-state index in [4.69, 9.17) is 0 Å². The normalized spacial score (nSPS) is 14.9. The standard InChI is InChI=1S/C11H17FN2S/c1-8(15-3)6-13-9(2)11-5-4-10(12)7-14-11/h4-5,7-9,13H,6H2,1-3H3. The minimum absolute atomic E-state index is 0.167. The average Bonchev–Trinajstić information content (AvgIpc) is 2.26. The van der Waals surface area contributed by atoms with Gasteiger partial charge in [0.25, 0.3) is 0 Å². The summed E-state index contributed by atoms with van der Waals surface area (Å²) >= 11 is 1.82. The van der Waals surface area contributed by atoms with Crippen molar-refractivity contribution in [2.75, 3.05) is 12.8 Å². The van der Waals surface area contributed by atoms with Crippen molar-refractivity contribution in [3.8, 4) is 0 Å². The van der Waals surface area contributed by atoms with E-state index in [9.17, 15) is 4.39 Å². The Morgan fingerprint density at radius 3 is 2.73 bits per heavy atom. The molecule has 0 radical (unpaired) electrons. The van der Waals surface area contributed by atoms with Gasteiger partial charge in [-0.05, 0) is 25.3 Å². The summed E-state index contributed by atoms with van der Waals surface area (Å²) in [5.41, 5.74) is 0.879. The third-order valence-electron chi connectivity index (χ3n) is 2.31. The quantitative estimate of drug-likeness (QED) is 0.838. The zero-order chi connectivity index (χ0) is 11.3. The molecule has 15 heavy (non-hydrogen) atoms. The smallest absolute Gasteiger partial charge is 0.141 e. The van der Waals surface area contributed by atoms with Crippen LogP contribution in [0.3, 0.4) is 0 Å². The molecule has 0 saturated heterocycles. The van der Waals surface area contributed by atoms with Crippen molar-refractivity contribution in [3.63, 3.8) is 0 Å². The molecule has 2 nitrogen and oxygen atoms in total. The molecule has 0 aliphatic rings. The predicted octanol–water partition coefficient (Wildman–Crippen LogP) is 2.62. The van der Waals surface area contributed by atoms with Crippen LogP contribution in [0.25, 0.3) is 0 Å². The molecule has 1 aromatic heterocycles. The minimum atomic E-state index is -0.288. The molecule has 0 aliphatic carbocycles. The number of hydrogen-bond acceptors (Lipinski definition) is 3. The van der Waals surface area contributed by atoms with Crippen molar-refractivity contribution >= 4 is 11.8 Å². The Balaban J connectivity index is 2.46.